The zero-order chi connectivity index (χ0) is 24.9. The Morgan fingerprint density at radius 2 is 1.97 bits per heavy atom. The highest BCUT2D eigenvalue weighted by atomic mass is 19.1. The SMILES string of the molecule is C=CCCN(Cc1ccc(-c2ccc(N3C[C@H](CC)OC3=O)cc2F)cc1)C(=O)OC(C)(C)C. The first-order valence-corrected chi connectivity index (χ1v) is 11.6. The summed E-state index contributed by atoms with van der Waals surface area (Å²) >= 11 is 0. The number of carbonyl (C=O) groups excluding carboxylic acids is 2. The summed E-state index contributed by atoms with van der Waals surface area (Å²) in [6, 6.07) is 12.2. The van der Waals surface area contributed by atoms with E-state index in [0.717, 1.165) is 5.56 Å². The van der Waals surface area contributed by atoms with E-state index in [-0.39, 0.29) is 12.2 Å². The number of amides is 2. The topological polar surface area (TPSA) is 59.1 Å². The van der Waals surface area contributed by atoms with Crippen LogP contribution >= 0.6 is 0 Å². The lowest BCUT2D eigenvalue weighted by Gasteiger charge is -2.27. The molecule has 0 radical (unpaired) electrons. The molecule has 3 rings (SSSR count). The zero-order valence-electron chi connectivity index (χ0n) is 20.3. The Bertz CT molecular complexity index is 1030. The van der Waals surface area contributed by atoms with Crippen LogP contribution in [0, 0.1) is 5.82 Å². The van der Waals surface area contributed by atoms with Gasteiger partial charge in [0, 0.05) is 18.7 Å². The van der Waals surface area contributed by atoms with Crippen LogP contribution in [0.4, 0.5) is 19.7 Å². The molecule has 1 fully saturated rings. The maximum absolute atomic E-state index is 15.0. The van der Waals surface area contributed by atoms with Crippen LogP contribution in [0.3, 0.4) is 0 Å². The van der Waals surface area contributed by atoms with Gasteiger partial charge in [-0.05, 0) is 62.9 Å². The molecule has 7 heteroatoms. The lowest BCUT2D eigenvalue weighted by molar-refractivity contribution is 0.0237. The number of hydrogen-bond donors (Lipinski definition) is 0. The average Bonchev–Trinajstić information content (AvgIpc) is 3.16. The number of cyclic esters (lactones) is 1. The zero-order valence-corrected chi connectivity index (χ0v) is 20.3. The van der Waals surface area contributed by atoms with E-state index in [2.05, 4.69) is 6.58 Å². The summed E-state index contributed by atoms with van der Waals surface area (Å²) in [6.07, 6.45) is 2.12. The second-order valence-electron chi connectivity index (χ2n) is 9.36. The quantitative estimate of drug-likeness (QED) is 0.413. The van der Waals surface area contributed by atoms with E-state index in [0.29, 0.717) is 49.3 Å². The number of nitrogens with zero attached hydrogens (tertiary/aromatic N) is 2. The smallest absolute Gasteiger partial charge is 0.414 e. The van der Waals surface area contributed by atoms with Crippen molar-refractivity contribution in [2.45, 2.75) is 58.8 Å². The number of anilines is 1. The van der Waals surface area contributed by atoms with Crippen LogP contribution < -0.4 is 4.90 Å². The summed E-state index contributed by atoms with van der Waals surface area (Å²) < 4.78 is 25.7. The minimum absolute atomic E-state index is 0.172. The summed E-state index contributed by atoms with van der Waals surface area (Å²) in [4.78, 5) is 27.7. The predicted octanol–water partition coefficient (Wildman–Crippen LogP) is 6.54. The molecule has 1 aliphatic heterocycles. The number of carbonyl (C=O) groups is 2. The molecule has 0 N–H and O–H groups in total. The maximum Gasteiger partial charge on any atom is 0.414 e. The van der Waals surface area contributed by atoms with Gasteiger partial charge in [0.25, 0.3) is 0 Å². The number of halogens is 1. The van der Waals surface area contributed by atoms with Gasteiger partial charge in [0.15, 0.2) is 0 Å². The fourth-order valence-electron chi connectivity index (χ4n) is 3.67. The van der Waals surface area contributed by atoms with E-state index in [1.165, 1.54) is 11.0 Å². The highest BCUT2D eigenvalue weighted by molar-refractivity contribution is 5.90. The van der Waals surface area contributed by atoms with Crippen LogP contribution in [0.15, 0.2) is 55.1 Å². The van der Waals surface area contributed by atoms with Crippen molar-refractivity contribution in [3.63, 3.8) is 0 Å². The van der Waals surface area contributed by atoms with Gasteiger partial charge in [-0.3, -0.25) is 4.90 Å². The summed E-state index contributed by atoms with van der Waals surface area (Å²) in [5, 5.41) is 0. The van der Waals surface area contributed by atoms with Gasteiger partial charge < -0.3 is 14.4 Å². The molecule has 1 heterocycles. The Balaban J connectivity index is 1.73. The standard InChI is InChI=1S/C27H33FN2O4/c1-6-8-15-29(25(31)34-27(3,4)5)17-19-9-11-20(12-10-19)23-14-13-21(16-24(23)28)30-18-22(7-2)33-26(30)32/h6,9-14,16,22H,1,7-8,15,17-18H2,2-5H3/t22-/m0/s1. The van der Waals surface area contributed by atoms with E-state index in [1.807, 2.05) is 52.0 Å². The second kappa shape index (κ2) is 10.7. The maximum atomic E-state index is 15.0. The van der Waals surface area contributed by atoms with Gasteiger partial charge in [0.05, 0.1) is 12.2 Å². The highest BCUT2D eigenvalue weighted by Gasteiger charge is 2.31. The molecule has 0 unspecified atom stereocenters. The second-order valence-corrected chi connectivity index (χ2v) is 9.36. The Morgan fingerprint density at radius 1 is 1.26 bits per heavy atom. The van der Waals surface area contributed by atoms with Crippen molar-refractivity contribution in [1.82, 2.24) is 4.90 Å². The van der Waals surface area contributed by atoms with Crippen molar-refractivity contribution >= 4 is 17.9 Å². The third-order valence-electron chi connectivity index (χ3n) is 5.49. The predicted molar refractivity (Wildman–Crippen MR) is 131 cm³/mol. The number of benzene rings is 2. The van der Waals surface area contributed by atoms with E-state index in [9.17, 15) is 14.0 Å². The van der Waals surface area contributed by atoms with Crippen LogP contribution in [-0.4, -0.2) is 41.9 Å². The highest BCUT2D eigenvalue weighted by Crippen LogP contribution is 2.30. The molecule has 2 amide bonds. The fourth-order valence-corrected chi connectivity index (χ4v) is 3.67. The monoisotopic (exact) mass is 468 g/mol. The normalized spacial score (nSPS) is 15.7. The van der Waals surface area contributed by atoms with E-state index >= 15 is 0 Å². The molecule has 1 atom stereocenters. The van der Waals surface area contributed by atoms with Gasteiger partial charge in [-0.2, -0.15) is 0 Å². The molecule has 0 aliphatic carbocycles. The number of rotatable bonds is 8. The Labute approximate surface area is 201 Å². The molecule has 34 heavy (non-hydrogen) atoms. The van der Waals surface area contributed by atoms with Crippen molar-refractivity contribution in [3.8, 4) is 11.1 Å². The Kier molecular flexibility index (Phi) is 7.97. The summed E-state index contributed by atoms with van der Waals surface area (Å²) in [6.45, 7) is 12.5. The van der Waals surface area contributed by atoms with E-state index in [1.54, 1.807) is 23.1 Å². The number of hydrogen-bond acceptors (Lipinski definition) is 4. The Morgan fingerprint density at radius 3 is 2.53 bits per heavy atom. The average molecular weight is 469 g/mol. The molecule has 0 spiro atoms. The first-order valence-electron chi connectivity index (χ1n) is 11.6. The van der Waals surface area contributed by atoms with Crippen molar-refractivity contribution in [2.24, 2.45) is 0 Å². The van der Waals surface area contributed by atoms with Crippen LogP contribution in [0.25, 0.3) is 11.1 Å². The van der Waals surface area contributed by atoms with Gasteiger partial charge in [-0.15, -0.1) is 6.58 Å². The Hall–Kier alpha value is -3.35. The van der Waals surface area contributed by atoms with Crippen LogP contribution in [0.2, 0.25) is 0 Å². The van der Waals surface area contributed by atoms with Gasteiger partial charge in [-0.1, -0.05) is 37.3 Å². The molecule has 2 aromatic rings. The van der Waals surface area contributed by atoms with Crippen LogP contribution in [0.1, 0.15) is 46.1 Å². The van der Waals surface area contributed by atoms with Crippen LogP contribution in [0.5, 0.6) is 0 Å². The third-order valence-corrected chi connectivity index (χ3v) is 5.49. The molecule has 182 valence electrons. The molecule has 1 aliphatic rings. The molecule has 0 saturated carbocycles. The first kappa shape index (κ1) is 25.3. The first-order chi connectivity index (χ1) is 16.1. The van der Waals surface area contributed by atoms with Gasteiger partial charge in [0.1, 0.15) is 17.5 Å². The molecule has 1 saturated heterocycles. The van der Waals surface area contributed by atoms with E-state index < -0.39 is 17.5 Å². The minimum Gasteiger partial charge on any atom is -0.444 e. The molecule has 2 aromatic carbocycles. The van der Waals surface area contributed by atoms with Gasteiger partial charge in [-0.25, -0.2) is 14.0 Å². The van der Waals surface area contributed by atoms with Crippen LogP contribution in [-0.2, 0) is 16.0 Å². The number of ether oxygens (including phenoxy) is 2. The van der Waals surface area contributed by atoms with Gasteiger partial charge in [0.2, 0.25) is 0 Å². The molecule has 0 bridgehead atoms. The van der Waals surface area contributed by atoms with Crippen molar-refractivity contribution < 1.29 is 23.5 Å². The summed E-state index contributed by atoms with van der Waals surface area (Å²) in [5.74, 6) is -0.417. The molecular formula is C27H33FN2O4. The molecule has 0 aromatic heterocycles. The molecule has 6 nitrogen and oxygen atoms in total. The van der Waals surface area contributed by atoms with Crippen molar-refractivity contribution in [3.05, 3.63) is 66.5 Å². The van der Waals surface area contributed by atoms with Crippen molar-refractivity contribution in [1.29, 1.82) is 0 Å². The van der Waals surface area contributed by atoms with E-state index in [4.69, 9.17) is 9.47 Å². The van der Waals surface area contributed by atoms with Gasteiger partial charge >= 0.3 is 12.2 Å². The molecular weight excluding hydrogens is 435 g/mol. The summed E-state index contributed by atoms with van der Waals surface area (Å²) in [7, 11) is 0. The lowest BCUT2D eigenvalue weighted by atomic mass is 10.0. The third kappa shape index (κ3) is 6.37. The largest absolute Gasteiger partial charge is 0.444 e. The van der Waals surface area contributed by atoms with Crippen molar-refractivity contribution in [2.75, 3.05) is 18.0 Å². The minimum atomic E-state index is -0.583. The fraction of sp³-hybridized carbons (Fsp3) is 0.407. The summed E-state index contributed by atoms with van der Waals surface area (Å²) in [5.41, 5.74) is 1.94. The lowest BCUT2D eigenvalue weighted by Crippen LogP contribution is -2.36.